The van der Waals surface area contributed by atoms with Gasteiger partial charge < -0.3 is 14.5 Å². The Kier molecular flexibility index (Phi) is 6.80. The molecule has 1 aromatic heterocycles. The van der Waals surface area contributed by atoms with E-state index in [2.05, 4.69) is 5.32 Å². The molecule has 2 atom stereocenters. The lowest BCUT2D eigenvalue weighted by molar-refractivity contribution is -0.145. The number of amides is 1. The zero-order valence-corrected chi connectivity index (χ0v) is 21.5. The van der Waals surface area contributed by atoms with Gasteiger partial charge in [-0.15, -0.1) is 0 Å². The Balaban J connectivity index is 1.97. The highest BCUT2D eigenvalue weighted by atomic mass is 32.2. The molecule has 1 N–H and O–H groups in total. The van der Waals surface area contributed by atoms with Gasteiger partial charge in [-0.05, 0) is 49.4 Å². The van der Waals surface area contributed by atoms with Crippen LogP contribution in [0, 0.1) is 5.82 Å². The number of carbonyl (C=O) groups is 2. The van der Waals surface area contributed by atoms with Crippen molar-refractivity contribution in [3.8, 4) is 11.3 Å². The molecule has 1 amide bonds. The van der Waals surface area contributed by atoms with Crippen LogP contribution in [0.15, 0.2) is 40.8 Å². The summed E-state index contributed by atoms with van der Waals surface area (Å²) < 4.78 is 50.7. The lowest BCUT2D eigenvalue weighted by Gasteiger charge is -2.23. The third-order valence-corrected chi connectivity index (χ3v) is 7.89. The number of likely N-dealkylation sites (N-methyl/N-ethyl adjacent to an activating group) is 1. The van der Waals surface area contributed by atoms with E-state index >= 15 is 0 Å². The van der Waals surface area contributed by atoms with E-state index in [1.807, 2.05) is 4.90 Å². The third kappa shape index (κ3) is 4.56. The number of nitrogens with one attached hydrogen (secondary N) is 1. The molecular formula is C25H28FN3O6S. The lowest BCUT2D eigenvalue weighted by atomic mass is 9.92. The maximum Gasteiger partial charge on any atom is 0.323 e. The molecule has 0 saturated carbocycles. The maximum atomic E-state index is 13.5. The molecule has 0 spiro atoms. The first-order valence-corrected chi connectivity index (χ1v) is 13.1. The largest absolute Gasteiger partial charge is 0.468 e. The monoisotopic (exact) mass is 517 g/mol. The molecule has 9 nitrogen and oxygen atoms in total. The molecule has 192 valence electrons. The number of furan rings is 1. The SMILES string of the molecule is CNC(=O)c1c(-c2ccc(F)cc2)oc2cc(N(C)S(C)(=O)=O)c(C3C[C@@H](C(=O)OC)N(C)C3)cc12. The van der Waals surface area contributed by atoms with E-state index in [1.54, 1.807) is 19.2 Å². The Hall–Kier alpha value is -3.44. The van der Waals surface area contributed by atoms with E-state index in [4.69, 9.17) is 9.15 Å². The number of likely N-dealkylation sites (tertiary alicyclic amines) is 1. The Morgan fingerprint density at radius 1 is 1.22 bits per heavy atom. The summed E-state index contributed by atoms with van der Waals surface area (Å²) >= 11 is 0. The molecule has 1 saturated heterocycles. The Bertz CT molecular complexity index is 1430. The summed E-state index contributed by atoms with van der Waals surface area (Å²) in [5, 5.41) is 3.10. The van der Waals surface area contributed by atoms with Crippen molar-refractivity contribution in [3.63, 3.8) is 0 Å². The van der Waals surface area contributed by atoms with Crippen LogP contribution in [0.4, 0.5) is 10.1 Å². The van der Waals surface area contributed by atoms with E-state index in [-0.39, 0.29) is 23.2 Å². The fourth-order valence-electron chi connectivity index (χ4n) is 4.72. The van der Waals surface area contributed by atoms with Crippen LogP contribution in [0.25, 0.3) is 22.3 Å². The molecule has 2 heterocycles. The van der Waals surface area contributed by atoms with Crippen LogP contribution in [0.5, 0.6) is 0 Å². The van der Waals surface area contributed by atoms with Gasteiger partial charge >= 0.3 is 5.97 Å². The summed E-state index contributed by atoms with van der Waals surface area (Å²) in [5.74, 6) is -1.18. The van der Waals surface area contributed by atoms with Gasteiger partial charge in [0.15, 0.2) is 0 Å². The van der Waals surface area contributed by atoms with Crippen LogP contribution in [0.2, 0.25) is 0 Å². The molecule has 3 aromatic rings. The van der Waals surface area contributed by atoms with E-state index in [1.165, 1.54) is 45.5 Å². The Morgan fingerprint density at radius 2 is 1.89 bits per heavy atom. The van der Waals surface area contributed by atoms with Gasteiger partial charge in [-0.25, -0.2) is 12.8 Å². The van der Waals surface area contributed by atoms with Crippen molar-refractivity contribution in [2.75, 3.05) is 45.4 Å². The number of anilines is 1. The van der Waals surface area contributed by atoms with Gasteiger partial charge in [0.2, 0.25) is 10.0 Å². The zero-order chi connectivity index (χ0) is 26.4. The second-order valence-electron chi connectivity index (χ2n) is 8.94. The molecule has 1 fully saturated rings. The number of carbonyl (C=O) groups excluding carboxylic acids is 2. The van der Waals surface area contributed by atoms with E-state index in [0.29, 0.717) is 40.7 Å². The average Bonchev–Trinajstić information content (AvgIpc) is 3.41. The van der Waals surface area contributed by atoms with Crippen molar-refractivity contribution < 1.29 is 31.6 Å². The maximum absolute atomic E-state index is 13.5. The van der Waals surface area contributed by atoms with Gasteiger partial charge in [0.1, 0.15) is 23.2 Å². The molecule has 0 aliphatic carbocycles. The van der Waals surface area contributed by atoms with Gasteiger partial charge in [-0.2, -0.15) is 0 Å². The van der Waals surface area contributed by atoms with E-state index in [0.717, 1.165) is 10.6 Å². The minimum Gasteiger partial charge on any atom is -0.468 e. The molecule has 11 heteroatoms. The number of nitrogens with zero attached hydrogens (tertiary/aromatic N) is 2. The van der Waals surface area contributed by atoms with Gasteiger partial charge in [0, 0.05) is 43.6 Å². The molecule has 36 heavy (non-hydrogen) atoms. The highest BCUT2D eigenvalue weighted by molar-refractivity contribution is 7.92. The molecule has 1 aliphatic rings. The predicted octanol–water partition coefficient (Wildman–Crippen LogP) is 2.96. The van der Waals surface area contributed by atoms with Gasteiger partial charge in [-0.1, -0.05) is 0 Å². The molecule has 0 radical (unpaired) electrons. The summed E-state index contributed by atoms with van der Waals surface area (Å²) in [7, 11) is 2.44. The number of esters is 1. The van der Waals surface area contributed by atoms with Crippen molar-refractivity contribution >= 4 is 38.6 Å². The number of halogens is 1. The highest BCUT2D eigenvalue weighted by Gasteiger charge is 2.38. The second kappa shape index (κ2) is 9.55. The minimum absolute atomic E-state index is 0.218. The quantitative estimate of drug-likeness (QED) is 0.501. The normalized spacial score (nSPS) is 18.4. The number of fused-ring (bicyclic) bond motifs is 1. The number of rotatable bonds is 6. The molecule has 0 bridgehead atoms. The lowest BCUT2D eigenvalue weighted by Crippen LogP contribution is -2.33. The summed E-state index contributed by atoms with van der Waals surface area (Å²) in [5.41, 5.74) is 2.10. The summed E-state index contributed by atoms with van der Waals surface area (Å²) in [6.45, 7) is 0.480. The summed E-state index contributed by atoms with van der Waals surface area (Å²) in [6.07, 6.45) is 1.51. The van der Waals surface area contributed by atoms with Crippen molar-refractivity contribution in [2.45, 2.75) is 18.4 Å². The molecule has 1 aliphatic heterocycles. The van der Waals surface area contributed by atoms with Crippen LogP contribution in [0.3, 0.4) is 0 Å². The number of hydrogen-bond acceptors (Lipinski definition) is 7. The second-order valence-corrected chi connectivity index (χ2v) is 11.0. The topological polar surface area (TPSA) is 109 Å². The average molecular weight is 518 g/mol. The van der Waals surface area contributed by atoms with Gasteiger partial charge in [0.05, 0.1) is 24.6 Å². The molecule has 4 rings (SSSR count). The van der Waals surface area contributed by atoms with Gasteiger partial charge in [0.25, 0.3) is 5.91 Å². The molecule has 1 unspecified atom stereocenters. The number of benzene rings is 2. The first kappa shape index (κ1) is 25.6. The number of ether oxygens (including phenoxy) is 1. The van der Waals surface area contributed by atoms with Crippen molar-refractivity contribution in [3.05, 3.63) is 53.3 Å². The Morgan fingerprint density at radius 3 is 2.47 bits per heavy atom. The van der Waals surface area contributed by atoms with E-state index in [9.17, 15) is 22.4 Å². The van der Waals surface area contributed by atoms with Crippen LogP contribution in [-0.4, -0.2) is 72.3 Å². The van der Waals surface area contributed by atoms with Crippen molar-refractivity contribution in [1.82, 2.24) is 10.2 Å². The fraction of sp³-hybridized carbons (Fsp3) is 0.360. The Labute approximate surface area is 208 Å². The van der Waals surface area contributed by atoms with Crippen LogP contribution < -0.4 is 9.62 Å². The fourth-order valence-corrected chi connectivity index (χ4v) is 5.23. The number of sulfonamides is 1. The third-order valence-electron chi connectivity index (χ3n) is 6.70. The first-order chi connectivity index (χ1) is 17.0. The first-order valence-electron chi connectivity index (χ1n) is 11.3. The highest BCUT2D eigenvalue weighted by Crippen LogP contribution is 2.43. The minimum atomic E-state index is -3.64. The van der Waals surface area contributed by atoms with Gasteiger partial charge in [-0.3, -0.25) is 18.8 Å². The van der Waals surface area contributed by atoms with Crippen molar-refractivity contribution in [1.29, 1.82) is 0 Å². The predicted molar refractivity (Wildman–Crippen MR) is 134 cm³/mol. The smallest absolute Gasteiger partial charge is 0.323 e. The van der Waals surface area contributed by atoms with Crippen molar-refractivity contribution in [2.24, 2.45) is 0 Å². The summed E-state index contributed by atoms with van der Waals surface area (Å²) in [6, 6.07) is 8.43. The van der Waals surface area contributed by atoms with Crippen LogP contribution >= 0.6 is 0 Å². The standard InChI is InChI=1S/C25H28FN3O6S/c1-27-24(30)22-18-11-17(15-10-20(25(31)34-4)28(2)13-15)19(29(3)36(5,32)33)12-21(18)35-23(22)14-6-8-16(26)9-7-14/h6-9,11-12,15,20H,10,13H2,1-5H3,(H,27,30)/t15?,20-/m0/s1. The number of hydrogen-bond donors (Lipinski definition) is 1. The van der Waals surface area contributed by atoms with Crippen LogP contribution in [-0.2, 0) is 19.6 Å². The number of methoxy groups -OCH3 is 1. The molecular weight excluding hydrogens is 489 g/mol. The zero-order valence-electron chi connectivity index (χ0n) is 20.7. The van der Waals surface area contributed by atoms with Crippen LogP contribution in [0.1, 0.15) is 28.3 Å². The van der Waals surface area contributed by atoms with E-state index < -0.39 is 27.8 Å². The molecule has 2 aromatic carbocycles. The summed E-state index contributed by atoms with van der Waals surface area (Å²) in [4.78, 5) is 27.1.